The van der Waals surface area contributed by atoms with E-state index in [2.05, 4.69) is 46.6 Å². The van der Waals surface area contributed by atoms with Gasteiger partial charge in [-0.15, -0.1) is 0 Å². The number of hydrogen-bond donors (Lipinski definition) is 1. The van der Waals surface area contributed by atoms with Crippen LogP contribution < -0.4 is 5.84 Å². The van der Waals surface area contributed by atoms with Crippen LogP contribution >= 0.6 is 0 Å². The maximum absolute atomic E-state index is 12.7. The molecule has 0 aliphatic carbocycles. The molecule has 4 rings (SSSR count). The van der Waals surface area contributed by atoms with Crippen LogP contribution in [-0.4, -0.2) is 45.5 Å². The highest BCUT2D eigenvalue weighted by Crippen LogP contribution is 2.31. The Balaban J connectivity index is 1.62. The number of likely N-dealkylation sites (N-methyl/N-ethyl adjacent to an activating group) is 1. The molecule has 3 heterocycles. The fourth-order valence-electron chi connectivity index (χ4n) is 4.13. The molecule has 2 aromatic heterocycles. The number of pyridine rings is 1. The number of benzene rings is 1. The van der Waals surface area contributed by atoms with Crippen molar-refractivity contribution in [3.05, 3.63) is 64.6 Å². The summed E-state index contributed by atoms with van der Waals surface area (Å²) in [5, 5.41) is 2.64. The van der Waals surface area contributed by atoms with Crippen LogP contribution in [0, 0.1) is 13.8 Å². The first-order chi connectivity index (χ1) is 13.5. The lowest BCUT2D eigenvalue weighted by Gasteiger charge is -2.25. The number of rotatable bonds is 4. The van der Waals surface area contributed by atoms with Crippen molar-refractivity contribution in [1.29, 1.82) is 0 Å². The van der Waals surface area contributed by atoms with Gasteiger partial charge in [-0.05, 0) is 50.2 Å². The molecule has 2 N–H and O–H groups in total. The summed E-state index contributed by atoms with van der Waals surface area (Å²) >= 11 is 0. The number of carbonyl (C=O) groups is 1. The average molecular weight is 377 g/mol. The number of aryl methyl sites for hydroxylation is 2. The van der Waals surface area contributed by atoms with E-state index >= 15 is 0 Å². The fourth-order valence-corrected chi connectivity index (χ4v) is 4.13. The van der Waals surface area contributed by atoms with Crippen molar-refractivity contribution < 1.29 is 4.79 Å². The molecule has 0 bridgehead atoms. The molecule has 6 nitrogen and oxygen atoms in total. The van der Waals surface area contributed by atoms with Crippen molar-refractivity contribution in [3.8, 4) is 0 Å². The lowest BCUT2D eigenvalue weighted by atomic mass is 10.0. The van der Waals surface area contributed by atoms with E-state index in [-0.39, 0.29) is 5.91 Å². The molecule has 0 unspecified atom stereocenters. The van der Waals surface area contributed by atoms with Gasteiger partial charge in [0, 0.05) is 60.6 Å². The Bertz CT molecular complexity index is 1040. The summed E-state index contributed by atoms with van der Waals surface area (Å²) in [6, 6.07) is 8.34. The van der Waals surface area contributed by atoms with E-state index < -0.39 is 0 Å². The number of nitrogens with zero attached hydrogens (tertiary/aromatic N) is 4. The summed E-state index contributed by atoms with van der Waals surface area (Å²) in [7, 11) is 2.17. The van der Waals surface area contributed by atoms with Crippen LogP contribution in [0.25, 0.3) is 10.9 Å². The minimum atomic E-state index is -0.166. The molecule has 0 spiro atoms. The van der Waals surface area contributed by atoms with E-state index in [0.29, 0.717) is 18.7 Å². The largest absolute Gasteiger partial charge is 0.342 e. The van der Waals surface area contributed by atoms with E-state index in [0.717, 1.165) is 25.1 Å². The first-order valence-electron chi connectivity index (χ1n) is 9.72. The van der Waals surface area contributed by atoms with Gasteiger partial charge in [0.1, 0.15) is 0 Å². The Morgan fingerprint density at radius 3 is 2.89 bits per heavy atom. The second-order valence-electron chi connectivity index (χ2n) is 7.77. The number of carbonyl (C=O) groups excluding carboxylic acids is 1. The van der Waals surface area contributed by atoms with Crippen molar-refractivity contribution in [2.24, 2.45) is 5.84 Å². The highest BCUT2D eigenvalue weighted by molar-refractivity contribution is 5.95. The SMILES string of the molecule is Cc1ccc2c(c1)c1c(n2CCN(N)C(=O)c2ccncc2C)CCN(C)C1. The minimum absolute atomic E-state index is 0.166. The van der Waals surface area contributed by atoms with Gasteiger partial charge in [-0.25, -0.2) is 5.84 Å². The van der Waals surface area contributed by atoms with E-state index in [1.165, 1.54) is 32.7 Å². The number of amides is 1. The third kappa shape index (κ3) is 3.30. The third-order valence-electron chi connectivity index (χ3n) is 5.68. The van der Waals surface area contributed by atoms with Gasteiger partial charge < -0.3 is 9.47 Å². The van der Waals surface area contributed by atoms with Crippen molar-refractivity contribution in [1.82, 2.24) is 19.5 Å². The molecule has 0 saturated carbocycles. The normalized spacial score (nSPS) is 14.3. The molecular formula is C22H27N5O. The first kappa shape index (κ1) is 18.7. The molecule has 0 atom stereocenters. The number of hydrogen-bond acceptors (Lipinski definition) is 4. The molecule has 3 aromatic rings. The molecule has 6 heteroatoms. The van der Waals surface area contributed by atoms with Gasteiger partial charge in [-0.1, -0.05) is 11.6 Å². The van der Waals surface area contributed by atoms with Gasteiger partial charge in [0.25, 0.3) is 5.91 Å². The maximum Gasteiger partial charge on any atom is 0.268 e. The van der Waals surface area contributed by atoms with Crippen LogP contribution in [0.4, 0.5) is 0 Å². The predicted octanol–water partition coefficient (Wildman–Crippen LogP) is 2.66. The summed E-state index contributed by atoms with van der Waals surface area (Å²) in [5.41, 5.74) is 6.72. The van der Waals surface area contributed by atoms with Crippen molar-refractivity contribution in [2.45, 2.75) is 33.4 Å². The Morgan fingerprint density at radius 1 is 1.29 bits per heavy atom. The van der Waals surface area contributed by atoms with E-state index in [1.807, 2.05) is 6.92 Å². The van der Waals surface area contributed by atoms with Gasteiger partial charge in [0.2, 0.25) is 0 Å². The summed E-state index contributed by atoms with van der Waals surface area (Å²) in [4.78, 5) is 19.1. The Morgan fingerprint density at radius 2 is 2.11 bits per heavy atom. The number of fused-ring (bicyclic) bond motifs is 3. The quantitative estimate of drug-likeness (QED) is 0.431. The smallest absolute Gasteiger partial charge is 0.268 e. The van der Waals surface area contributed by atoms with Gasteiger partial charge in [0.05, 0.1) is 6.54 Å². The van der Waals surface area contributed by atoms with Gasteiger partial charge in [0.15, 0.2) is 0 Å². The average Bonchev–Trinajstić information content (AvgIpc) is 2.98. The minimum Gasteiger partial charge on any atom is -0.342 e. The summed E-state index contributed by atoms with van der Waals surface area (Å²) in [6.07, 6.45) is 4.33. The van der Waals surface area contributed by atoms with Gasteiger partial charge in [-0.2, -0.15) is 0 Å². The molecule has 1 aliphatic heterocycles. The molecule has 0 saturated heterocycles. The van der Waals surface area contributed by atoms with Crippen LogP contribution in [0.1, 0.15) is 32.7 Å². The highest BCUT2D eigenvalue weighted by atomic mass is 16.2. The van der Waals surface area contributed by atoms with Crippen molar-refractivity contribution in [3.63, 3.8) is 0 Å². The van der Waals surface area contributed by atoms with Crippen LogP contribution in [0.3, 0.4) is 0 Å². The lowest BCUT2D eigenvalue weighted by molar-refractivity contribution is 0.0749. The zero-order valence-electron chi connectivity index (χ0n) is 16.8. The molecule has 1 aliphatic rings. The first-order valence-corrected chi connectivity index (χ1v) is 9.72. The summed E-state index contributed by atoms with van der Waals surface area (Å²) in [5.74, 6) is 5.98. The second kappa shape index (κ2) is 7.37. The Hall–Kier alpha value is -2.70. The fraction of sp³-hybridized carbons (Fsp3) is 0.364. The summed E-state index contributed by atoms with van der Waals surface area (Å²) in [6.45, 7) is 7.16. The molecule has 28 heavy (non-hydrogen) atoms. The highest BCUT2D eigenvalue weighted by Gasteiger charge is 2.23. The van der Waals surface area contributed by atoms with Crippen LogP contribution in [0.5, 0.6) is 0 Å². The van der Waals surface area contributed by atoms with Gasteiger partial charge in [-0.3, -0.25) is 14.8 Å². The lowest BCUT2D eigenvalue weighted by Crippen LogP contribution is -2.40. The van der Waals surface area contributed by atoms with E-state index in [1.54, 1.807) is 18.5 Å². The molecule has 1 aromatic carbocycles. The standard InChI is InChI=1S/C22H27N5O/c1-15-4-5-20-18(12-15)19-14-25(3)9-7-21(19)26(20)10-11-27(23)22(28)17-6-8-24-13-16(17)2/h4-6,8,12-13H,7,9-11,14,23H2,1-3H3. The molecule has 0 fully saturated rings. The van der Waals surface area contributed by atoms with Gasteiger partial charge >= 0.3 is 0 Å². The monoisotopic (exact) mass is 377 g/mol. The zero-order valence-corrected chi connectivity index (χ0v) is 16.8. The van der Waals surface area contributed by atoms with Crippen LogP contribution in [0.15, 0.2) is 36.7 Å². The molecule has 1 amide bonds. The third-order valence-corrected chi connectivity index (χ3v) is 5.68. The summed E-state index contributed by atoms with van der Waals surface area (Å²) < 4.78 is 2.35. The van der Waals surface area contributed by atoms with Crippen LogP contribution in [0.2, 0.25) is 0 Å². The maximum atomic E-state index is 12.7. The molecule has 0 radical (unpaired) electrons. The topological polar surface area (TPSA) is 67.4 Å². The molecule has 146 valence electrons. The van der Waals surface area contributed by atoms with Crippen molar-refractivity contribution >= 4 is 16.8 Å². The predicted molar refractivity (Wildman–Crippen MR) is 111 cm³/mol. The molecular weight excluding hydrogens is 350 g/mol. The number of aromatic nitrogens is 2. The Kier molecular flexibility index (Phi) is 4.91. The second-order valence-corrected chi connectivity index (χ2v) is 7.77. The van der Waals surface area contributed by atoms with E-state index in [4.69, 9.17) is 5.84 Å². The van der Waals surface area contributed by atoms with Crippen LogP contribution in [-0.2, 0) is 19.5 Å². The van der Waals surface area contributed by atoms with Crippen molar-refractivity contribution in [2.75, 3.05) is 20.1 Å². The van der Waals surface area contributed by atoms with E-state index in [9.17, 15) is 4.79 Å². The zero-order chi connectivity index (χ0) is 19.8. The Labute approximate surface area is 165 Å². The number of nitrogens with two attached hydrogens (primary N) is 1. The number of hydrazine groups is 1.